The van der Waals surface area contributed by atoms with E-state index >= 15 is 0 Å². The van der Waals surface area contributed by atoms with Crippen molar-refractivity contribution in [2.45, 2.75) is 0 Å². The van der Waals surface area contributed by atoms with Gasteiger partial charge in [-0.15, -0.1) is 0 Å². The minimum absolute atomic E-state index is 0.321. The number of hydrogen-bond donors (Lipinski definition) is 2. The number of carbonyl (C=O) groups excluding carboxylic acids is 1. The van der Waals surface area contributed by atoms with E-state index in [1.54, 1.807) is 12.2 Å². The van der Waals surface area contributed by atoms with Gasteiger partial charge < -0.3 is 4.72 Å². The molecule has 2 N–H and O–H groups in total. The van der Waals surface area contributed by atoms with Crippen molar-refractivity contribution in [3.63, 3.8) is 0 Å². The largest absolute Gasteiger partial charge is 0.321 e. The van der Waals surface area contributed by atoms with Gasteiger partial charge in [0.25, 0.3) is 5.91 Å². The van der Waals surface area contributed by atoms with E-state index in [2.05, 4.69) is 4.72 Å². The van der Waals surface area contributed by atoms with E-state index in [9.17, 15) is 4.79 Å². The topological polar surface area (TPSA) is 41.1 Å². The van der Waals surface area contributed by atoms with Crippen molar-refractivity contribution in [1.82, 2.24) is 9.56 Å². The zero-order valence-electron chi connectivity index (χ0n) is 4.93. The predicted molar refractivity (Wildman–Crippen MR) is 41.9 cm³/mol. The van der Waals surface area contributed by atoms with Crippen molar-refractivity contribution in [3.8, 4) is 0 Å². The van der Waals surface area contributed by atoms with Crippen LogP contribution >= 0.6 is 23.7 Å². The third-order valence-corrected chi connectivity index (χ3v) is 1.71. The van der Waals surface area contributed by atoms with Gasteiger partial charge in [0.1, 0.15) is 5.70 Å². The summed E-state index contributed by atoms with van der Waals surface area (Å²) >= 11 is 6.40. The number of amides is 1. The zero-order valence-corrected chi connectivity index (χ0v) is 6.50. The lowest BCUT2D eigenvalue weighted by atomic mass is 10.4. The molecule has 0 radical (unpaired) electrons. The number of allylic oxidation sites excluding steroid dienone is 2. The maximum absolute atomic E-state index is 10.7. The minimum atomic E-state index is -0.321. The molecule has 0 saturated heterocycles. The molecule has 10 heavy (non-hydrogen) atoms. The molecule has 0 fully saturated rings. The Hall–Kier alpha value is -0.610. The summed E-state index contributed by atoms with van der Waals surface area (Å²) in [7, 11) is 0. The van der Waals surface area contributed by atoms with Crippen molar-refractivity contribution in [1.29, 1.82) is 0 Å². The van der Waals surface area contributed by atoms with Crippen LogP contribution in [0.25, 0.3) is 0 Å². The number of hydrogen-bond acceptors (Lipinski definition) is 3. The molecule has 1 heterocycles. The molecular formula is C5H5ClN2OS. The molecule has 0 aromatic heterocycles. The van der Waals surface area contributed by atoms with Crippen molar-refractivity contribution in [2.24, 2.45) is 0 Å². The summed E-state index contributed by atoms with van der Waals surface area (Å²) in [6.45, 7) is 0. The molecule has 1 amide bonds. The second-order valence-electron chi connectivity index (χ2n) is 1.55. The van der Waals surface area contributed by atoms with Crippen LogP contribution in [0.1, 0.15) is 0 Å². The summed E-state index contributed by atoms with van der Waals surface area (Å²) in [5, 5.41) is 1.82. The monoisotopic (exact) mass is 176 g/mol. The summed E-state index contributed by atoms with van der Waals surface area (Å²) in [4.78, 5) is 12.7. The lowest BCUT2D eigenvalue weighted by molar-refractivity contribution is -0.116. The van der Waals surface area contributed by atoms with Gasteiger partial charge in [-0.25, -0.2) is 0 Å². The number of rotatable bonds is 1. The van der Waals surface area contributed by atoms with Crippen molar-refractivity contribution < 1.29 is 4.79 Å². The highest BCUT2D eigenvalue weighted by atomic mass is 35.5. The fourth-order valence-corrected chi connectivity index (χ4v) is 1.09. The van der Waals surface area contributed by atoms with E-state index in [4.69, 9.17) is 11.8 Å². The van der Waals surface area contributed by atoms with E-state index in [-0.39, 0.29) is 5.91 Å². The first-order chi connectivity index (χ1) is 4.84. The molecular weight excluding hydrogens is 172 g/mol. The van der Waals surface area contributed by atoms with E-state index in [1.807, 2.05) is 10.2 Å². The van der Waals surface area contributed by atoms with E-state index in [1.165, 1.54) is 11.9 Å². The second kappa shape index (κ2) is 3.53. The van der Waals surface area contributed by atoms with Crippen molar-refractivity contribution in [3.05, 3.63) is 23.3 Å². The SMILES string of the molecule is O=C(NCl)C1=CC=CSN1. The average Bonchev–Trinajstić information content (AvgIpc) is 2.05. The van der Waals surface area contributed by atoms with Crippen LogP contribution in [0.2, 0.25) is 0 Å². The fourth-order valence-electron chi connectivity index (χ4n) is 0.479. The van der Waals surface area contributed by atoms with E-state index < -0.39 is 0 Å². The van der Waals surface area contributed by atoms with Gasteiger partial charge in [0, 0.05) is 11.8 Å². The Morgan fingerprint density at radius 1 is 1.80 bits per heavy atom. The van der Waals surface area contributed by atoms with Crippen LogP contribution in [-0.2, 0) is 4.79 Å². The Kier molecular flexibility index (Phi) is 2.65. The summed E-state index contributed by atoms with van der Waals surface area (Å²) in [6, 6.07) is 0. The smallest absolute Gasteiger partial charge is 0.282 e. The number of nitrogens with one attached hydrogen (secondary N) is 2. The van der Waals surface area contributed by atoms with Gasteiger partial charge in [-0.3, -0.25) is 9.63 Å². The highest BCUT2D eigenvalue weighted by molar-refractivity contribution is 8.00. The van der Waals surface area contributed by atoms with Crippen molar-refractivity contribution >= 4 is 29.6 Å². The maximum Gasteiger partial charge on any atom is 0.282 e. The van der Waals surface area contributed by atoms with Crippen LogP contribution in [0, 0.1) is 0 Å². The molecule has 0 aromatic carbocycles. The summed E-state index contributed by atoms with van der Waals surface area (Å²) in [5.74, 6) is -0.321. The first-order valence-electron chi connectivity index (χ1n) is 2.54. The normalized spacial score (nSPS) is 15.5. The van der Waals surface area contributed by atoms with Gasteiger partial charge >= 0.3 is 0 Å². The molecule has 1 aliphatic heterocycles. The average molecular weight is 177 g/mol. The maximum atomic E-state index is 10.7. The molecule has 1 rings (SSSR count). The molecule has 0 atom stereocenters. The van der Waals surface area contributed by atoms with E-state index in [0.717, 1.165) is 0 Å². The van der Waals surface area contributed by atoms with E-state index in [0.29, 0.717) is 5.70 Å². The summed E-state index contributed by atoms with van der Waals surface area (Å²) in [6.07, 6.45) is 3.41. The van der Waals surface area contributed by atoms with Gasteiger partial charge in [-0.1, -0.05) is 6.08 Å². The molecule has 5 heteroatoms. The number of carbonyl (C=O) groups is 1. The lowest BCUT2D eigenvalue weighted by Gasteiger charge is -2.06. The highest BCUT2D eigenvalue weighted by Gasteiger charge is 2.07. The lowest BCUT2D eigenvalue weighted by Crippen LogP contribution is -2.22. The first kappa shape index (κ1) is 7.50. The number of halogens is 1. The van der Waals surface area contributed by atoms with Crippen LogP contribution < -0.4 is 9.56 Å². The molecule has 3 nitrogen and oxygen atoms in total. The fraction of sp³-hybridized carbons (Fsp3) is 0. The summed E-state index contributed by atoms with van der Waals surface area (Å²) in [5.41, 5.74) is 0.461. The second-order valence-corrected chi connectivity index (χ2v) is 2.45. The minimum Gasteiger partial charge on any atom is -0.321 e. The van der Waals surface area contributed by atoms with Gasteiger partial charge in [-0.2, -0.15) is 0 Å². The zero-order chi connectivity index (χ0) is 7.40. The van der Waals surface area contributed by atoms with Gasteiger partial charge in [0.15, 0.2) is 0 Å². The van der Waals surface area contributed by atoms with Crippen LogP contribution in [-0.4, -0.2) is 5.91 Å². The molecule has 54 valence electrons. The molecule has 1 aliphatic rings. The van der Waals surface area contributed by atoms with Gasteiger partial charge in [-0.05, 0) is 23.4 Å². The Bertz CT molecular complexity index is 202. The van der Waals surface area contributed by atoms with Crippen LogP contribution in [0.3, 0.4) is 0 Å². The Morgan fingerprint density at radius 3 is 3.10 bits per heavy atom. The quantitative estimate of drug-likeness (QED) is 0.461. The van der Waals surface area contributed by atoms with Crippen LogP contribution in [0.4, 0.5) is 0 Å². The third kappa shape index (κ3) is 1.68. The highest BCUT2D eigenvalue weighted by Crippen LogP contribution is 2.07. The molecule has 0 spiro atoms. The predicted octanol–water partition coefficient (Wildman–Crippen LogP) is 0.905. The van der Waals surface area contributed by atoms with Crippen LogP contribution in [0.15, 0.2) is 23.3 Å². The van der Waals surface area contributed by atoms with Crippen molar-refractivity contribution in [2.75, 3.05) is 0 Å². The Balaban J connectivity index is 2.62. The third-order valence-electron chi connectivity index (χ3n) is 0.909. The molecule has 0 unspecified atom stereocenters. The van der Waals surface area contributed by atoms with Gasteiger partial charge in [0.05, 0.1) is 0 Å². The van der Waals surface area contributed by atoms with Gasteiger partial charge in [0.2, 0.25) is 0 Å². The Morgan fingerprint density at radius 2 is 2.60 bits per heavy atom. The first-order valence-corrected chi connectivity index (χ1v) is 3.80. The van der Waals surface area contributed by atoms with Crippen LogP contribution in [0.5, 0.6) is 0 Å². The molecule has 0 aromatic rings. The summed E-state index contributed by atoms with van der Waals surface area (Å²) < 4.78 is 2.76. The molecule has 0 aliphatic carbocycles. The molecule has 0 bridgehead atoms. The Labute approximate surface area is 67.7 Å². The molecule has 0 saturated carbocycles. The standard InChI is InChI=1S/C5H5ClN2OS/c6-7-5(9)4-2-1-3-10-8-4/h1-3,8H,(H,7,9).